The second-order valence-electron chi connectivity index (χ2n) is 11.7. The molecule has 2 aromatic carbocycles. The Hall–Kier alpha value is -3.92. The summed E-state index contributed by atoms with van der Waals surface area (Å²) in [4.78, 5) is 26.7. The highest BCUT2D eigenvalue weighted by molar-refractivity contribution is 6.35. The summed E-state index contributed by atoms with van der Waals surface area (Å²) in [5.41, 5.74) is 2.31. The molecule has 0 bridgehead atoms. The van der Waals surface area contributed by atoms with Crippen LogP contribution in [0, 0.1) is 11.3 Å². The highest BCUT2D eigenvalue weighted by atomic mass is 35.5. The van der Waals surface area contributed by atoms with Gasteiger partial charge in [0.1, 0.15) is 12.4 Å². The molecule has 236 valence electrons. The number of carbonyl (C=O) groups is 1. The lowest BCUT2D eigenvalue weighted by molar-refractivity contribution is -0.131. The van der Waals surface area contributed by atoms with Crippen LogP contribution in [0.2, 0.25) is 5.02 Å². The molecule has 0 N–H and O–H groups in total. The Morgan fingerprint density at radius 3 is 2.71 bits per heavy atom. The number of fused-ring (bicyclic) bond motifs is 2. The molecule has 0 saturated carbocycles. The fourth-order valence-corrected chi connectivity index (χ4v) is 6.81. The Morgan fingerprint density at radius 2 is 2.00 bits per heavy atom. The number of ether oxygens (including phenoxy) is 2. The first-order valence-corrected chi connectivity index (χ1v) is 15.1. The first kappa shape index (κ1) is 31.1. The van der Waals surface area contributed by atoms with E-state index < -0.39 is 29.7 Å². The normalized spacial score (nSPS) is 23.1. The van der Waals surface area contributed by atoms with Crippen LogP contribution in [-0.4, -0.2) is 83.5 Å². The molecule has 0 aliphatic carbocycles. The summed E-state index contributed by atoms with van der Waals surface area (Å²) in [6.45, 7) is 3.56. The molecule has 1 unspecified atom stereocenters. The molecule has 6 rings (SSSR count). The van der Waals surface area contributed by atoms with Crippen LogP contribution in [0.15, 0.2) is 48.8 Å². The van der Waals surface area contributed by atoms with Crippen LogP contribution in [0.4, 0.5) is 19.0 Å². The van der Waals surface area contributed by atoms with Crippen LogP contribution in [0.25, 0.3) is 10.8 Å². The van der Waals surface area contributed by atoms with Crippen molar-refractivity contribution in [2.24, 2.45) is 0 Å². The molecule has 4 heterocycles. The van der Waals surface area contributed by atoms with Gasteiger partial charge in [-0.2, -0.15) is 15.2 Å². The van der Waals surface area contributed by atoms with Gasteiger partial charge < -0.3 is 19.3 Å². The van der Waals surface area contributed by atoms with E-state index in [4.69, 9.17) is 31.0 Å². The minimum Gasteiger partial charge on any atom is -0.462 e. The molecule has 3 atom stereocenters. The smallest absolute Gasteiger partial charge is 0.318 e. The van der Waals surface area contributed by atoms with E-state index in [1.165, 1.54) is 4.90 Å². The van der Waals surface area contributed by atoms with Crippen molar-refractivity contribution in [2.45, 2.75) is 50.0 Å². The summed E-state index contributed by atoms with van der Waals surface area (Å²) in [5.74, 6) is -4.23. The van der Waals surface area contributed by atoms with Crippen molar-refractivity contribution in [3.8, 4) is 12.1 Å². The number of hydrogen-bond donors (Lipinski definition) is 0. The number of likely N-dealkylation sites (tertiary alicyclic amines) is 1. The molecule has 3 aliphatic rings. The molecule has 1 amide bonds. The molecule has 13 heteroatoms. The third-order valence-electron chi connectivity index (χ3n) is 8.74. The number of likely N-dealkylation sites (N-methyl/N-ethyl adjacent to an activating group) is 1. The lowest BCUT2D eigenvalue weighted by Gasteiger charge is -2.42. The minimum absolute atomic E-state index is 0.0191. The van der Waals surface area contributed by atoms with E-state index in [1.807, 2.05) is 41.3 Å². The number of piperazine rings is 1. The molecular weight excluding hydrogens is 609 g/mol. The fraction of sp³-hybridized carbons (Fsp3) is 0.438. The van der Waals surface area contributed by atoms with Crippen LogP contribution in [0.5, 0.6) is 6.01 Å². The van der Waals surface area contributed by atoms with Gasteiger partial charge in [0.2, 0.25) is 0 Å². The first-order chi connectivity index (χ1) is 21.5. The molecule has 0 spiro atoms. The number of hydrogen-bond acceptors (Lipinski definition) is 8. The Kier molecular flexibility index (Phi) is 8.61. The van der Waals surface area contributed by atoms with Gasteiger partial charge in [0.05, 0.1) is 43.5 Å². The number of alkyl halides is 2. The van der Waals surface area contributed by atoms with E-state index in [2.05, 4.69) is 12.6 Å². The molecule has 9 nitrogen and oxygen atoms in total. The second-order valence-corrected chi connectivity index (χ2v) is 12.2. The number of amides is 1. The summed E-state index contributed by atoms with van der Waals surface area (Å²) in [6, 6.07) is 12.6. The van der Waals surface area contributed by atoms with Gasteiger partial charge >= 0.3 is 6.01 Å². The maximum Gasteiger partial charge on any atom is 0.318 e. The molecule has 0 radical (unpaired) electrons. The number of anilines is 1. The van der Waals surface area contributed by atoms with Gasteiger partial charge in [-0.05, 0) is 24.1 Å². The van der Waals surface area contributed by atoms with E-state index in [-0.39, 0.29) is 57.8 Å². The van der Waals surface area contributed by atoms with Gasteiger partial charge in [-0.1, -0.05) is 48.5 Å². The van der Waals surface area contributed by atoms with Crippen molar-refractivity contribution in [1.29, 1.82) is 5.26 Å². The maximum atomic E-state index is 14.0. The molecule has 2 fully saturated rings. The van der Waals surface area contributed by atoms with Crippen LogP contribution < -0.4 is 9.64 Å². The van der Waals surface area contributed by atoms with E-state index >= 15 is 0 Å². The average molecular weight is 641 g/mol. The number of benzene rings is 2. The Morgan fingerprint density at radius 1 is 1.22 bits per heavy atom. The van der Waals surface area contributed by atoms with Crippen LogP contribution in [-0.2, 0) is 22.6 Å². The number of nitriles is 1. The SMILES string of the molecule is C=C(F)C(=O)N1CCN(c2nc(OC[C@@H]3CC(F)(F)CN3C)nc3c2COC(c2cccc4cccc(Cl)c24)C3)C[C@@H]1CC#N. The van der Waals surface area contributed by atoms with Crippen LogP contribution in [0.1, 0.15) is 35.8 Å². The second kappa shape index (κ2) is 12.5. The third kappa shape index (κ3) is 6.30. The van der Waals surface area contributed by atoms with Gasteiger partial charge in [-0.25, -0.2) is 13.2 Å². The fourth-order valence-electron chi connectivity index (χ4n) is 6.51. The maximum absolute atomic E-state index is 14.0. The van der Waals surface area contributed by atoms with Crippen LogP contribution in [0.3, 0.4) is 0 Å². The zero-order valence-electron chi connectivity index (χ0n) is 24.7. The molecule has 3 aromatic rings. The van der Waals surface area contributed by atoms with Crippen molar-refractivity contribution in [3.63, 3.8) is 0 Å². The number of halogens is 4. The van der Waals surface area contributed by atoms with Gasteiger partial charge in [0, 0.05) is 54.5 Å². The van der Waals surface area contributed by atoms with Gasteiger partial charge in [-0.15, -0.1) is 0 Å². The van der Waals surface area contributed by atoms with Crippen molar-refractivity contribution in [3.05, 3.63) is 70.6 Å². The third-order valence-corrected chi connectivity index (χ3v) is 9.05. The van der Waals surface area contributed by atoms with Crippen molar-refractivity contribution < 1.29 is 27.4 Å². The highest BCUT2D eigenvalue weighted by Gasteiger charge is 2.43. The van der Waals surface area contributed by atoms with Crippen LogP contribution >= 0.6 is 11.6 Å². The number of aromatic nitrogens is 2. The lowest BCUT2D eigenvalue weighted by Crippen LogP contribution is -2.55. The minimum atomic E-state index is -2.80. The van der Waals surface area contributed by atoms with Crippen molar-refractivity contribution in [1.82, 2.24) is 19.8 Å². The highest BCUT2D eigenvalue weighted by Crippen LogP contribution is 2.40. The van der Waals surface area contributed by atoms with Gasteiger partial charge in [0.25, 0.3) is 11.8 Å². The standard InChI is InChI=1S/C32H32ClF3N6O3/c1-19(34)30(43)42-12-11-41(15-21(42)9-10-37)29-24-17-44-27(23-7-3-5-20-6-4-8-25(33)28(20)23)13-26(24)38-31(39-29)45-16-22-14-32(35,36)18-40(22)2/h3-8,21-22,27H,1,9,11-18H2,2H3/t21-,22-,27?/m0/s1. The largest absolute Gasteiger partial charge is 0.462 e. The first-order valence-electron chi connectivity index (χ1n) is 14.7. The monoisotopic (exact) mass is 640 g/mol. The van der Waals surface area contributed by atoms with E-state index in [1.54, 1.807) is 11.9 Å². The molecule has 45 heavy (non-hydrogen) atoms. The Bertz CT molecular complexity index is 1680. The summed E-state index contributed by atoms with van der Waals surface area (Å²) < 4.78 is 54.3. The van der Waals surface area contributed by atoms with E-state index in [0.29, 0.717) is 29.5 Å². The predicted molar refractivity (Wildman–Crippen MR) is 162 cm³/mol. The number of nitrogens with zero attached hydrogens (tertiary/aromatic N) is 6. The van der Waals surface area contributed by atoms with Gasteiger partial charge in [-0.3, -0.25) is 9.69 Å². The summed E-state index contributed by atoms with van der Waals surface area (Å²) in [5, 5.41) is 11.9. The van der Waals surface area contributed by atoms with E-state index in [9.17, 15) is 23.2 Å². The van der Waals surface area contributed by atoms with Crippen molar-refractivity contribution in [2.75, 3.05) is 44.7 Å². The average Bonchev–Trinajstić information content (AvgIpc) is 3.29. The summed E-state index contributed by atoms with van der Waals surface area (Å²) in [6.07, 6.45) is -0.360. The zero-order valence-corrected chi connectivity index (χ0v) is 25.4. The predicted octanol–water partition coefficient (Wildman–Crippen LogP) is 5.23. The molecule has 2 saturated heterocycles. The lowest BCUT2D eigenvalue weighted by atomic mass is 9.94. The molecule has 1 aromatic heterocycles. The zero-order chi connectivity index (χ0) is 31.9. The van der Waals surface area contributed by atoms with Crippen molar-refractivity contribution >= 4 is 34.1 Å². The quantitative estimate of drug-likeness (QED) is 0.324. The molecular formula is C32H32ClF3N6O3. The van der Waals surface area contributed by atoms with Gasteiger partial charge in [0.15, 0.2) is 5.83 Å². The summed E-state index contributed by atoms with van der Waals surface area (Å²) >= 11 is 6.62. The Balaban J connectivity index is 1.34. The Labute approximate surface area is 263 Å². The number of carbonyl (C=O) groups excluding carboxylic acids is 1. The summed E-state index contributed by atoms with van der Waals surface area (Å²) in [7, 11) is 1.63. The molecule has 3 aliphatic heterocycles. The topological polar surface area (TPSA) is 94.8 Å². The number of rotatable bonds is 7. The van der Waals surface area contributed by atoms with E-state index in [0.717, 1.165) is 21.9 Å².